The third-order valence-electron chi connectivity index (χ3n) is 7.78. The third-order valence-corrected chi connectivity index (χ3v) is 7.78. The summed E-state index contributed by atoms with van der Waals surface area (Å²) in [5, 5.41) is 2.28. The number of benzene rings is 5. The van der Waals surface area contributed by atoms with Gasteiger partial charge in [0.25, 0.3) is 0 Å². The maximum atomic E-state index is 6.18. The van der Waals surface area contributed by atoms with Gasteiger partial charge >= 0.3 is 21.1 Å². The molecule has 5 aromatic carbocycles. The second-order valence-electron chi connectivity index (χ2n) is 10.5. The number of rotatable bonds is 6. The van der Waals surface area contributed by atoms with E-state index in [2.05, 4.69) is 94.5 Å². The Hall–Kier alpha value is -5.31. The Kier molecular flexibility index (Phi) is 7.81. The smallest absolute Gasteiger partial charge is 0.460 e. The molecular formula is C40H25N3OPt. The van der Waals surface area contributed by atoms with Gasteiger partial charge < -0.3 is 9.30 Å². The molecule has 0 aliphatic carbocycles. The van der Waals surface area contributed by atoms with Crippen LogP contribution < -0.4 is 4.74 Å². The Bertz CT molecular complexity index is 2240. The predicted molar refractivity (Wildman–Crippen MR) is 177 cm³/mol. The average Bonchev–Trinajstić information content (AvgIpc) is 3.43. The molecule has 0 fully saturated rings. The third kappa shape index (κ3) is 5.57. The zero-order valence-corrected chi connectivity index (χ0v) is 26.3. The molecule has 0 bridgehead atoms. The monoisotopic (exact) mass is 758 g/mol. The van der Waals surface area contributed by atoms with Crippen LogP contribution in [0.3, 0.4) is 0 Å². The Balaban J connectivity index is 0.00000325. The van der Waals surface area contributed by atoms with E-state index in [4.69, 9.17) is 9.72 Å². The largest absolute Gasteiger partial charge is 2.00 e. The number of pyridine rings is 2. The molecule has 0 spiro atoms. The predicted octanol–water partition coefficient (Wildman–Crippen LogP) is 9.96. The number of ether oxygens (including phenoxy) is 1. The quantitative estimate of drug-likeness (QED) is 0.159. The van der Waals surface area contributed by atoms with Crippen molar-refractivity contribution in [3.05, 3.63) is 164 Å². The van der Waals surface area contributed by atoms with Crippen molar-refractivity contribution in [2.45, 2.75) is 0 Å². The van der Waals surface area contributed by atoms with Gasteiger partial charge in [-0.1, -0.05) is 84.2 Å². The molecule has 0 saturated carbocycles. The average molecular weight is 759 g/mol. The van der Waals surface area contributed by atoms with E-state index in [-0.39, 0.29) is 21.1 Å². The first-order chi connectivity index (χ1) is 21.8. The maximum Gasteiger partial charge on any atom is 2.00 e. The molecule has 0 unspecified atom stereocenters. The summed E-state index contributed by atoms with van der Waals surface area (Å²) in [5.41, 5.74) is 8.22. The Morgan fingerprint density at radius 1 is 0.533 bits per heavy atom. The van der Waals surface area contributed by atoms with Crippen molar-refractivity contribution in [2.75, 3.05) is 0 Å². The van der Waals surface area contributed by atoms with Crippen LogP contribution in [0.5, 0.6) is 11.6 Å². The van der Waals surface area contributed by atoms with Gasteiger partial charge in [0.2, 0.25) is 5.88 Å². The van der Waals surface area contributed by atoms with Crippen molar-refractivity contribution in [1.29, 1.82) is 0 Å². The number of para-hydroxylation sites is 1. The van der Waals surface area contributed by atoms with Gasteiger partial charge in [0.15, 0.2) is 0 Å². The Morgan fingerprint density at radius 3 is 2.04 bits per heavy atom. The van der Waals surface area contributed by atoms with Crippen molar-refractivity contribution in [1.82, 2.24) is 14.5 Å². The topological polar surface area (TPSA) is 39.9 Å². The van der Waals surface area contributed by atoms with Crippen molar-refractivity contribution in [3.63, 3.8) is 0 Å². The van der Waals surface area contributed by atoms with Crippen LogP contribution in [-0.2, 0) is 21.1 Å². The molecule has 3 heterocycles. The molecule has 8 rings (SSSR count). The molecular weight excluding hydrogens is 734 g/mol. The van der Waals surface area contributed by atoms with Crippen LogP contribution in [0, 0.1) is 12.1 Å². The number of fused-ring (bicyclic) bond motifs is 3. The molecule has 45 heavy (non-hydrogen) atoms. The van der Waals surface area contributed by atoms with Crippen molar-refractivity contribution in [3.8, 4) is 50.8 Å². The molecule has 4 nitrogen and oxygen atoms in total. The van der Waals surface area contributed by atoms with Gasteiger partial charge in [0.05, 0.1) is 0 Å². The van der Waals surface area contributed by atoms with Gasteiger partial charge in [-0.05, 0) is 51.9 Å². The van der Waals surface area contributed by atoms with E-state index in [0.29, 0.717) is 11.6 Å². The zero-order valence-electron chi connectivity index (χ0n) is 24.0. The molecule has 0 radical (unpaired) electrons. The first kappa shape index (κ1) is 28.5. The van der Waals surface area contributed by atoms with Gasteiger partial charge in [-0.15, -0.1) is 18.2 Å². The summed E-state index contributed by atoms with van der Waals surface area (Å²) in [7, 11) is 0. The number of hydrogen-bond donors (Lipinski definition) is 0. The fraction of sp³-hybridized carbons (Fsp3) is 0. The van der Waals surface area contributed by atoms with Crippen molar-refractivity contribution >= 4 is 21.8 Å². The summed E-state index contributed by atoms with van der Waals surface area (Å²) < 4.78 is 8.37. The molecule has 5 heteroatoms. The minimum absolute atomic E-state index is 0. The second kappa shape index (κ2) is 12.4. The van der Waals surface area contributed by atoms with E-state index in [1.54, 1.807) is 6.20 Å². The minimum atomic E-state index is 0. The van der Waals surface area contributed by atoms with Crippen LogP contribution in [0.1, 0.15) is 0 Å². The molecule has 3 aromatic heterocycles. The standard InChI is InChI=1S/C40H25N3O.Pt/c1-3-10-28(11-4-1)32-22-23-41-40(26-32)44-34-15-9-14-30(24-34)31-18-20-36-35-16-7-8-17-37(35)43(38(36)25-31)39-21-19-33(27-42-39)29-12-5-2-6-13-29;/h1-23,26-27H;/q-2;+2. The Morgan fingerprint density at radius 2 is 1.27 bits per heavy atom. The first-order valence-electron chi connectivity index (χ1n) is 14.5. The summed E-state index contributed by atoms with van der Waals surface area (Å²) in [5.74, 6) is 1.95. The fourth-order valence-electron chi connectivity index (χ4n) is 5.66. The van der Waals surface area contributed by atoms with Crippen LogP contribution in [0.15, 0.2) is 152 Å². The molecule has 0 aliphatic heterocycles. The summed E-state index contributed by atoms with van der Waals surface area (Å²) in [6.07, 6.45) is 3.70. The van der Waals surface area contributed by atoms with E-state index in [1.807, 2.05) is 72.9 Å². The van der Waals surface area contributed by atoms with Gasteiger partial charge in [-0.2, -0.15) is 24.3 Å². The van der Waals surface area contributed by atoms with Crippen molar-refractivity contribution in [2.24, 2.45) is 0 Å². The Labute approximate surface area is 275 Å². The number of hydrogen-bond acceptors (Lipinski definition) is 3. The fourth-order valence-corrected chi connectivity index (χ4v) is 5.66. The van der Waals surface area contributed by atoms with Crippen LogP contribution in [0.4, 0.5) is 0 Å². The van der Waals surface area contributed by atoms with E-state index >= 15 is 0 Å². The summed E-state index contributed by atoms with van der Waals surface area (Å²) in [6, 6.07) is 54.3. The maximum absolute atomic E-state index is 6.18. The number of nitrogens with zero attached hydrogens (tertiary/aromatic N) is 3. The molecule has 0 N–H and O–H groups in total. The van der Waals surface area contributed by atoms with E-state index in [1.165, 1.54) is 0 Å². The van der Waals surface area contributed by atoms with E-state index in [9.17, 15) is 0 Å². The number of aromatic nitrogens is 3. The second-order valence-corrected chi connectivity index (χ2v) is 10.5. The van der Waals surface area contributed by atoms with Gasteiger partial charge in [-0.3, -0.25) is 0 Å². The van der Waals surface area contributed by atoms with Crippen LogP contribution >= 0.6 is 0 Å². The van der Waals surface area contributed by atoms with Gasteiger partial charge in [0, 0.05) is 35.3 Å². The van der Waals surface area contributed by atoms with Crippen LogP contribution in [0.25, 0.3) is 61.0 Å². The first-order valence-corrected chi connectivity index (χ1v) is 14.5. The molecule has 0 amide bonds. The molecule has 0 saturated heterocycles. The van der Waals surface area contributed by atoms with Crippen LogP contribution in [0.2, 0.25) is 0 Å². The molecule has 216 valence electrons. The normalized spacial score (nSPS) is 10.9. The summed E-state index contributed by atoms with van der Waals surface area (Å²) in [4.78, 5) is 9.34. The molecule has 0 aliphatic rings. The minimum Gasteiger partial charge on any atom is -0.460 e. The SMILES string of the molecule is [Pt+2].[c-]1c(Oc2cc(-c3ccccc3)ccn2)cccc1-c1[c-]c2c(cc1)c1ccccc1n2-c1ccc(-c2ccccc2)cn1. The summed E-state index contributed by atoms with van der Waals surface area (Å²) in [6.45, 7) is 0. The van der Waals surface area contributed by atoms with Crippen molar-refractivity contribution < 1.29 is 25.8 Å². The van der Waals surface area contributed by atoms with Gasteiger partial charge in [-0.25, -0.2) is 21.1 Å². The zero-order chi connectivity index (χ0) is 29.3. The summed E-state index contributed by atoms with van der Waals surface area (Å²) >= 11 is 0. The van der Waals surface area contributed by atoms with Crippen LogP contribution in [-0.4, -0.2) is 14.5 Å². The molecule has 8 aromatic rings. The van der Waals surface area contributed by atoms with E-state index in [0.717, 1.165) is 61.0 Å². The molecule has 0 atom stereocenters. The van der Waals surface area contributed by atoms with E-state index < -0.39 is 0 Å². The van der Waals surface area contributed by atoms with Gasteiger partial charge in [0.1, 0.15) is 5.82 Å².